The highest BCUT2D eigenvalue weighted by molar-refractivity contribution is 5.69. The van der Waals surface area contributed by atoms with Gasteiger partial charge in [-0.05, 0) is 25.9 Å². The standard InChI is InChI=1S/C22H41N5O7/c28-19-33-17-26-10-8-24(15-21(30)14-23-4-2-1-3-5-23)6-7-25(16-22(31)32)9-11-27(13-12-26)18-34-20-29/h19-21,30H,1-18H2,(H,31,32). The number of β-amino-alcohol motifs (C(OH)–C–C–N with tert-alkyl or cyclic N) is 1. The van der Waals surface area contributed by atoms with Gasteiger partial charge in [0.05, 0.1) is 12.6 Å². The molecule has 12 heteroatoms. The molecule has 0 aromatic carbocycles. The summed E-state index contributed by atoms with van der Waals surface area (Å²) in [4.78, 5) is 43.0. The van der Waals surface area contributed by atoms with E-state index in [1.54, 1.807) is 0 Å². The van der Waals surface area contributed by atoms with Gasteiger partial charge in [-0.3, -0.25) is 34.0 Å². The Labute approximate surface area is 201 Å². The first kappa shape index (κ1) is 28.4. The molecule has 0 radical (unpaired) electrons. The minimum absolute atomic E-state index is 0.0775. The lowest BCUT2D eigenvalue weighted by Crippen LogP contribution is -2.49. The van der Waals surface area contributed by atoms with Crippen LogP contribution in [0, 0.1) is 0 Å². The summed E-state index contributed by atoms with van der Waals surface area (Å²) < 4.78 is 9.90. The third-order valence-electron chi connectivity index (χ3n) is 6.33. The van der Waals surface area contributed by atoms with E-state index in [0.29, 0.717) is 78.4 Å². The Morgan fingerprint density at radius 3 is 1.53 bits per heavy atom. The molecular formula is C22H41N5O7. The minimum Gasteiger partial charge on any atom is -0.480 e. The molecule has 34 heavy (non-hydrogen) atoms. The van der Waals surface area contributed by atoms with Crippen molar-refractivity contribution in [1.82, 2.24) is 24.5 Å². The fourth-order valence-electron chi connectivity index (χ4n) is 4.44. The minimum atomic E-state index is -0.892. The zero-order valence-corrected chi connectivity index (χ0v) is 20.1. The number of rotatable bonds is 12. The van der Waals surface area contributed by atoms with Crippen LogP contribution >= 0.6 is 0 Å². The summed E-state index contributed by atoms with van der Waals surface area (Å²) in [7, 11) is 0. The normalized spacial score (nSPS) is 22.3. The Morgan fingerprint density at radius 1 is 0.676 bits per heavy atom. The molecule has 2 saturated heterocycles. The van der Waals surface area contributed by atoms with Gasteiger partial charge in [0.25, 0.3) is 12.9 Å². The van der Waals surface area contributed by atoms with Crippen molar-refractivity contribution >= 4 is 18.9 Å². The first-order valence-electron chi connectivity index (χ1n) is 12.1. The van der Waals surface area contributed by atoms with Crippen LogP contribution in [0.2, 0.25) is 0 Å². The van der Waals surface area contributed by atoms with Crippen LogP contribution in [-0.4, -0.2) is 158 Å². The maximum Gasteiger partial charge on any atom is 0.317 e. The van der Waals surface area contributed by atoms with Gasteiger partial charge < -0.3 is 24.6 Å². The van der Waals surface area contributed by atoms with Crippen LogP contribution in [0.25, 0.3) is 0 Å². The van der Waals surface area contributed by atoms with E-state index in [2.05, 4.69) is 9.80 Å². The zero-order valence-electron chi connectivity index (χ0n) is 20.1. The molecule has 196 valence electrons. The molecule has 0 saturated carbocycles. The SMILES string of the molecule is O=COCN1CCN(COC=O)CCN(CC(O)CN2CCCCC2)CCN(CC(=O)O)CC1. The van der Waals surface area contributed by atoms with Crippen LogP contribution in [0.3, 0.4) is 0 Å². The van der Waals surface area contributed by atoms with Gasteiger partial charge in [0, 0.05) is 65.4 Å². The summed E-state index contributed by atoms with van der Waals surface area (Å²) in [6, 6.07) is 0. The molecule has 0 aliphatic carbocycles. The number of aliphatic hydroxyl groups is 1. The van der Waals surface area contributed by atoms with Crippen LogP contribution in [-0.2, 0) is 23.9 Å². The molecule has 2 fully saturated rings. The van der Waals surface area contributed by atoms with Gasteiger partial charge in [-0.25, -0.2) is 0 Å². The van der Waals surface area contributed by atoms with Gasteiger partial charge in [-0.15, -0.1) is 0 Å². The van der Waals surface area contributed by atoms with E-state index in [9.17, 15) is 24.6 Å². The molecule has 2 aliphatic heterocycles. The number of aliphatic hydroxyl groups excluding tert-OH is 1. The lowest BCUT2D eigenvalue weighted by molar-refractivity contribution is -0.139. The van der Waals surface area contributed by atoms with Gasteiger partial charge in [-0.2, -0.15) is 0 Å². The summed E-state index contributed by atoms with van der Waals surface area (Å²) >= 11 is 0. The second kappa shape index (κ2) is 16.7. The van der Waals surface area contributed by atoms with Crippen LogP contribution < -0.4 is 0 Å². The van der Waals surface area contributed by atoms with Crippen molar-refractivity contribution in [3.8, 4) is 0 Å². The summed E-state index contributed by atoms with van der Waals surface area (Å²) in [6.07, 6.45) is 3.09. The molecule has 0 aromatic heterocycles. The fourth-order valence-corrected chi connectivity index (χ4v) is 4.44. The van der Waals surface area contributed by atoms with Crippen molar-refractivity contribution in [3.63, 3.8) is 0 Å². The van der Waals surface area contributed by atoms with E-state index in [1.807, 2.05) is 14.7 Å². The number of carbonyl (C=O) groups excluding carboxylic acids is 2. The van der Waals surface area contributed by atoms with Gasteiger partial charge >= 0.3 is 5.97 Å². The van der Waals surface area contributed by atoms with E-state index < -0.39 is 12.1 Å². The average Bonchev–Trinajstić information content (AvgIpc) is 2.81. The van der Waals surface area contributed by atoms with Crippen molar-refractivity contribution in [1.29, 1.82) is 0 Å². The predicted octanol–water partition coefficient (Wildman–Crippen LogP) is -1.60. The molecule has 0 amide bonds. The van der Waals surface area contributed by atoms with Crippen LogP contribution in [0.1, 0.15) is 19.3 Å². The number of carbonyl (C=O) groups is 3. The molecule has 2 heterocycles. The Balaban J connectivity index is 2.02. The Hall–Kier alpha value is -1.83. The summed E-state index contributed by atoms with van der Waals surface area (Å²) in [5, 5.41) is 20.1. The number of hydrogen-bond acceptors (Lipinski definition) is 11. The van der Waals surface area contributed by atoms with E-state index in [0.717, 1.165) is 13.1 Å². The van der Waals surface area contributed by atoms with E-state index in [1.165, 1.54) is 19.3 Å². The number of carboxylic acids is 1. The molecule has 0 spiro atoms. The van der Waals surface area contributed by atoms with Crippen molar-refractivity contribution < 1.29 is 34.1 Å². The molecule has 0 aromatic rings. The summed E-state index contributed by atoms with van der Waals surface area (Å²) in [5.41, 5.74) is 0. The number of aliphatic carboxylic acids is 1. The molecule has 1 unspecified atom stereocenters. The average molecular weight is 488 g/mol. The highest BCUT2D eigenvalue weighted by Gasteiger charge is 2.21. The second-order valence-corrected chi connectivity index (χ2v) is 9.01. The molecule has 0 bridgehead atoms. The Kier molecular flexibility index (Phi) is 14.0. The van der Waals surface area contributed by atoms with E-state index in [-0.39, 0.29) is 20.0 Å². The van der Waals surface area contributed by atoms with Gasteiger partial charge in [0.1, 0.15) is 13.5 Å². The van der Waals surface area contributed by atoms with Crippen molar-refractivity contribution in [3.05, 3.63) is 0 Å². The first-order chi connectivity index (χ1) is 16.5. The first-order valence-corrected chi connectivity index (χ1v) is 12.1. The number of piperidine rings is 1. The molecular weight excluding hydrogens is 446 g/mol. The highest BCUT2D eigenvalue weighted by Crippen LogP contribution is 2.10. The number of likely N-dealkylation sites (tertiary alicyclic amines) is 1. The number of hydrogen-bond donors (Lipinski definition) is 2. The maximum absolute atomic E-state index is 11.4. The van der Waals surface area contributed by atoms with Crippen LogP contribution in [0.5, 0.6) is 0 Å². The Bertz CT molecular complexity index is 594. The quantitative estimate of drug-likeness (QED) is 0.308. The molecule has 2 N–H and O–H groups in total. The maximum atomic E-state index is 11.4. The largest absolute Gasteiger partial charge is 0.480 e. The molecule has 2 rings (SSSR count). The van der Waals surface area contributed by atoms with Gasteiger partial charge in [-0.1, -0.05) is 6.42 Å². The lowest BCUT2D eigenvalue weighted by Gasteiger charge is -2.35. The van der Waals surface area contributed by atoms with E-state index >= 15 is 0 Å². The molecule has 1 atom stereocenters. The highest BCUT2D eigenvalue weighted by atomic mass is 16.5. The van der Waals surface area contributed by atoms with Crippen LogP contribution in [0.15, 0.2) is 0 Å². The van der Waals surface area contributed by atoms with Gasteiger partial charge in [0.2, 0.25) is 0 Å². The van der Waals surface area contributed by atoms with E-state index in [4.69, 9.17) is 9.47 Å². The predicted molar refractivity (Wildman–Crippen MR) is 124 cm³/mol. The second-order valence-electron chi connectivity index (χ2n) is 9.01. The fraction of sp³-hybridized carbons (Fsp3) is 0.864. The zero-order chi connectivity index (χ0) is 24.6. The van der Waals surface area contributed by atoms with Crippen molar-refractivity contribution in [2.24, 2.45) is 0 Å². The van der Waals surface area contributed by atoms with Crippen molar-refractivity contribution in [2.45, 2.75) is 25.4 Å². The third kappa shape index (κ3) is 12.0. The summed E-state index contributed by atoms with van der Waals surface area (Å²) in [6.45, 7) is 8.77. The smallest absolute Gasteiger partial charge is 0.317 e. The molecule has 2 aliphatic rings. The van der Waals surface area contributed by atoms with Crippen LogP contribution in [0.4, 0.5) is 0 Å². The number of nitrogens with zero attached hydrogens (tertiary/aromatic N) is 5. The Morgan fingerprint density at radius 2 is 1.09 bits per heavy atom. The third-order valence-corrected chi connectivity index (χ3v) is 6.33. The molecule has 12 nitrogen and oxygen atoms in total. The summed E-state index contributed by atoms with van der Waals surface area (Å²) in [5.74, 6) is -0.892. The lowest BCUT2D eigenvalue weighted by atomic mass is 10.1. The number of carboxylic acid groups (broad SMARTS) is 1. The topological polar surface area (TPSA) is 126 Å². The monoisotopic (exact) mass is 487 g/mol. The van der Waals surface area contributed by atoms with Crippen molar-refractivity contribution in [2.75, 3.05) is 98.5 Å². The number of ether oxygens (including phenoxy) is 2. The van der Waals surface area contributed by atoms with Gasteiger partial charge in [0.15, 0.2) is 0 Å².